The molecule has 0 heterocycles. The molecule has 0 radical (unpaired) electrons. The van der Waals surface area contributed by atoms with Crippen molar-refractivity contribution in [2.45, 2.75) is 71.5 Å². The summed E-state index contributed by atoms with van der Waals surface area (Å²) < 4.78 is 0. The third-order valence-corrected chi connectivity index (χ3v) is 8.71. The highest BCUT2D eigenvalue weighted by Crippen LogP contribution is 2.81. The van der Waals surface area contributed by atoms with Gasteiger partial charge in [0.2, 0.25) is 0 Å². The summed E-state index contributed by atoms with van der Waals surface area (Å²) in [6, 6.07) is 0. The van der Waals surface area contributed by atoms with Crippen LogP contribution in [-0.4, -0.2) is 28.2 Å². The van der Waals surface area contributed by atoms with Crippen LogP contribution in [0.15, 0.2) is 12.7 Å². The third kappa shape index (κ3) is 1.61. The summed E-state index contributed by atoms with van der Waals surface area (Å²) in [5.41, 5.74) is -0.488. The first-order valence-electron chi connectivity index (χ1n) is 9.18. The van der Waals surface area contributed by atoms with E-state index in [9.17, 15) is 15.0 Å². The molecule has 4 aliphatic rings. The molecule has 0 saturated heterocycles. The van der Waals surface area contributed by atoms with Crippen molar-refractivity contribution in [2.75, 3.05) is 0 Å². The van der Waals surface area contributed by atoms with E-state index < -0.39 is 12.2 Å². The van der Waals surface area contributed by atoms with Crippen LogP contribution in [-0.2, 0) is 4.79 Å². The van der Waals surface area contributed by atoms with Crippen molar-refractivity contribution < 1.29 is 15.0 Å². The standard InChI is InChI=1S/C20H30O3/c1-5-17(3)6-7-18(4)12(2)8-20-11-19(16(18)20,10-14(17)22)9-13(21)15(20)23/h5,12-14,16,21-22H,1,6-11H2,2-4H3/t12-,13+,14+,16+,17-,18-,19+,20-/m1/s1. The average molecular weight is 318 g/mol. The number of hydrogen-bond donors (Lipinski definition) is 2. The molecule has 8 atom stereocenters. The van der Waals surface area contributed by atoms with Crippen molar-refractivity contribution in [3.05, 3.63) is 12.7 Å². The van der Waals surface area contributed by atoms with Gasteiger partial charge >= 0.3 is 0 Å². The van der Waals surface area contributed by atoms with E-state index in [0.717, 1.165) is 25.7 Å². The van der Waals surface area contributed by atoms with Gasteiger partial charge in [0.1, 0.15) is 6.10 Å². The molecule has 0 amide bonds. The van der Waals surface area contributed by atoms with Gasteiger partial charge in [-0.2, -0.15) is 0 Å². The van der Waals surface area contributed by atoms with Gasteiger partial charge < -0.3 is 10.2 Å². The van der Waals surface area contributed by atoms with Crippen LogP contribution in [0.25, 0.3) is 0 Å². The largest absolute Gasteiger partial charge is 0.392 e. The van der Waals surface area contributed by atoms with Crippen molar-refractivity contribution in [3.63, 3.8) is 0 Å². The van der Waals surface area contributed by atoms with Gasteiger partial charge in [-0.3, -0.25) is 4.79 Å². The molecule has 0 unspecified atom stereocenters. The zero-order valence-electron chi connectivity index (χ0n) is 14.6. The van der Waals surface area contributed by atoms with E-state index in [1.54, 1.807) is 0 Å². The van der Waals surface area contributed by atoms with Gasteiger partial charge in [-0.15, -0.1) is 6.58 Å². The third-order valence-electron chi connectivity index (χ3n) is 8.71. The SMILES string of the molecule is C=C[C@]1(C)CC[C@]2(C)[C@H](C)C[C@@]34C[C@](C[C@H](O)C3=O)(C[C@@H]1O)[C@@H]42. The predicted molar refractivity (Wildman–Crippen MR) is 88.7 cm³/mol. The lowest BCUT2D eigenvalue weighted by atomic mass is 9.34. The van der Waals surface area contributed by atoms with Crippen LogP contribution in [0.1, 0.15) is 59.3 Å². The molecule has 2 N–H and O–H groups in total. The highest BCUT2D eigenvalue weighted by atomic mass is 16.3. The second-order valence-corrected chi connectivity index (χ2v) is 9.75. The maximum Gasteiger partial charge on any atom is 0.167 e. The van der Waals surface area contributed by atoms with E-state index >= 15 is 0 Å². The Hall–Kier alpha value is -0.670. The second kappa shape index (κ2) is 4.29. The van der Waals surface area contributed by atoms with Crippen molar-refractivity contribution in [2.24, 2.45) is 33.5 Å². The van der Waals surface area contributed by atoms with Gasteiger partial charge in [-0.25, -0.2) is 0 Å². The number of Topliss-reactive ketones (excluding diaryl/α,β-unsaturated/α-hetero) is 1. The quantitative estimate of drug-likeness (QED) is 0.731. The minimum Gasteiger partial charge on any atom is -0.392 e. The molecule has 0 aromatic rings. The fourth-order valence-electron chi connectivity index (χ4n) is 7.43. The zero-order valence-corrected chi connectivity index (χ0v) is 14.6. The molecule has 4 saturated carbocycles. The predicted octanol–water partition coefficient (Wildman–Crippen LogP) is 3.10. The fourth-order valence-corrected chi connectivity index (χ4v) is 7.43. The Bertz CT molecular complexity index is 585. The van der Waals surface area contributed by atoms with Gasteiger partial charge in [0.15, 0.2) is 5.78 Å². The Kier molecular flexibility index (Phi) is 2.95. The molecule has 2 bridgehead atoms. The Morgan fingerprint density at radius 3 is 2.52 bits per heavy atom. The first kappa shape index (κ1) is 15.8. The van der Waals surface area contributed by atoms with Gasteiger partial charge in [0.25, 0.3) is 0 Å². The topological polar surface area (TPSA) is 57.5 Å². The van der Waals surface area contributed by atoms with E-state index in [0.29, 0.717) is 24.7 Å². The minimum atomic E-state index is -0.823. The van der Waals surface area contributed by atoms with Crippen LogP contribution in [0.5, 0.6) is 0 Å². The molecular formula is C20H30O3. The molecule has 0 aliphatic heterocycles. The van der Waals surface area contributed by atoms with Crippen LogP contribution in [0.2, 0.25) is 0 Å². The van der Waals surface area contributed by atoms with Crippen LogP contribution in [0, 0.1) is 33.5 Å². The molecule has 4 aliphatic carbocycles. The maximum atomic E-state index is 12.8. The summed E-state index contributed by atoms with van der Waals surface area (Å²) in [7, 11) is 0. The number of aliphatic hydroxyl groups excluding tert-OH is 2. The first-order chi connectivity index (χ1) is 10.6. The first-order valence-corrected chi connectivity index (χ1v) is 9.18. The van der Waals surface area contributed by atoms with Crippen molar-refractivity contribution >= 4 is 5.78 Å². The molecule has 3 heteroatoms. The lowest BCUT2D eigenvalue weighted by Gasteiger charge is -2.69. The summed E-state index contributed by atoms with van der Waals surface area (Å²) in [6.45, 7) is 10.8. The van der Waals surface area contributed by atoms with Crippen molar-refractivity contribution in [3.8, 4) is 0 Å². The Morgan fingerprint density at radius 2 is 1.87 bits per heavy atom. The summed E-state index contributed by atoms with van der Waals surface area (Å²) in [4.78, 5) is 12.8. The van der Waals surface area contributed by atoms with Gasteiger partial charge in [0, 0.05) is 10.8 Å². The summed E-state index contributed by atoms with van der Waals surface area (Å²) in [6.07, 6.45) is 5.68. The summed E-state index contributed by atoms with van der Waals surface area (Å²) in [5, 5.41) is 21.3. The van der Waals surface area contributed by atoms with Crippen molar-refractivity contribution in [1.29, 1.82) is 0 Å². The van der Waals surface area contributed by atoms with E-state index in [1.165, 1.54) is 0 Å². The highest BCUT2D eigenvalue weighted by molar-refractivity contribution is 5.93. The lowest BCUT2D eigenvalue weighted by Crippen LogP contribution is -2.70. The summed E-state index contributed by atoms with van der Waals surface area (Å²) in [5.74, 6) is 0.937. The van der Waals surface area contributed by atoms with E-state index in [2.05, 4.69) is 27.4 Å². The number of rotatable bonds is 1. The normalized spacial score (nSPS) is 61.2. The molecule has 4 fully saturated rings. The monoisotopic (exact) mass is 318 g/mol. The molecular weight excluding hydrogens is 288 g/mol. The number of aliphatic hydroxyl groups is 2. The zero-order chi connectivity index (χ0) is 16.8. The Balaban J connectivity index is 1.83. The second-order valence-electron chi connectivity index (χ2n) is 9.75. The molecule has 2 spiro atoms. The Morgan fingerprint density at radius 1 is 1.17 bits per heavy atom. The van der Waals surface area contributed by atoms with E-state index in [4.69, 9.17) is 0 Å². The molecule has 0 aromatic carbocycles. The number of hydrogen-bond acceptors (Lipinski definition) is 3. The van der Waals surface area contributed by atoms with E-state index in [-0.39, 0.29) is 27.4 Å². The van der Waals surface area contributed by atoms with Gasteiger partial charge in [0.05, 0.1) is 6.10 Å². The van der Waals surface area contributed by atoms with Gasteiger partial charge in [-0.1, -0.05) is 26.8 Å². The molecule has 4 rings (SSSR count). The van der Waals surface area contributed by atoms with Crippen molar-refractivity contribution in [1.82, 2.24) is 0 Å². The average Bonchev–Trinajstić information content (AvgIpc) is 2.66. The summed E-state index contributed by atoms with van der Waals surface area (Å²) >= 11 is 0. The molecule has 0 aromatic heterocycles. The van der Waals surface area contributed by atoms with E-state index in [1.807, 2.05) is 6.08 Å². The fraction of sp³-hybridized carbons (Fsp3) is 0.850. The Labute approximate surface area is 139 Å². The minimum absolute atomic E-state index is 0.0586. The van der Waals surface area contributed by atoms with Crippen LogP contribution in [0.3, 0.4) is 0 Å². The molecule has 128 valence electrons. The molecule has 3 nitrogen and oxygen atoms in total. The highest BCUT2D eigenvalue weighted by Gasteiger charge is 2.79. The van der Waals surface area contributed by atoms with Crippen LogP contribution < -0.4 is 0 Å². The smallest absolute Gasteiger partial charge is 0.167 e. The maximum absolute atomic E-state index is 12.8. The van der Waals surface area contributed by atoms with Crippen LogP contribution >= 0.6 is 0 Å². The lowest BCUT2D eigenvalue weighted by molar-refractivity contribution is -0.231. The number of ketones is 1. The number of carbonyl (C=O) groups is 1. The van der Waals surface area contributed by atoms with Crippen LogP contribution in [0.4, 0.5) is 0 Å². The molecule has 23 heavy (non-hydrogen) atoms. The van der Waals surface area contributed by atoms with Gasteiger partial charge in [-0.05, 0) is 61.2 Å². The number of carbonyl (C=O) groups excluding carboxylic acids is 1.